The summed E-state index contributed by atoms with van der Waals surface area (Å²) in [5.41, 5.74) is 1.34. The smallest absolute Gasteiger partial charge is 0.0587 e. The SMILES string of the molecule is COCCNCc1ccn(CCCC2CCCO2)c1. The fourth-order valence-electron chi connectivity index (χ4n) is 2.51. The van der Waals surface area contributed by atoms with Crippen LogP contribution < -0.4 is 5.32 Å². The molecule has 2 rings (SSSR count). The zero-order chi connectivity index (χ0) is 13.3. The van der Waals surface area contributed by atoms with Crippen LogP contribution in [0, 0.1) is 0 Å². The number of aryl methyl sites for hydroxylation is 1. The van der Waals surface area contributed by atoms with Gasteiger partial charge in [-0.1, -0.05) is 0 Å². The second-order valence-corrected chi connectivity index (χ2v) is 5.20. The molecule has 1 aromatic heterocycles. The lowest BCUT2D eigenvalue weighted by Crippen LogP contribution is -2.18. The third-order valence-corrected chi connectivity index (χ3v) is 3.59. The highest BCUT2D eigenvalue weighted by atomic mass is 16.5. The number of ether oxygens (including phenoxy) is 2. The van der Waals surface area contributed by atoms with Crippen LogP contribution in [0.4, 0.5) is 0 Å². The summed E-state index contributed by atoms with van der Waals surface area (Å²) < 4.78 is 12.9. The first-order chi connectivity index (χ1) is 9.38. The molecule has 108 valence electrons. The average molecular weight is 266 g/mol. The van der Waals surface area contributed by atoms with Crippen molar-refractivity contribution < 1.29 is 9.47 Å². The Labute approximate surface area is 116 Å². The molecule has 4 nitrogen and oxygen atoms in total. The number of nitrogens with one attached hydrogen (secondary N) is 1. The average Bonchev–Trinajstić information content (AvgIpc) is 3.07. The van der Waals surface area contributed by atoms with Crippen molar-refractivity contribution in [2.24, 2.45) is 0 Å². The maximum absolute atomic E-state index is 5.64. The monoisotopic (exact) mass is 266 g/mol. The third kappa shape index (κ3) is 5.35. The topological polar surface area (TPSA) is 35.4 Å². The van der Waals surface area contributed by atoms with Crippen molar-refractivity contribution in [3.63, 3.8) is 0 Å². The van der Waals surface area contributed by atoms with E-state index in [9.17, 15) is 0 Å². The summed E-state index contributed by atoms with van der Waals surface area (Å²) in [5.74, 6) is 0. The van der Waals surface area contributed by atoms with Crippen LogP contribution in [-0.2, 0) is 22.6 Å². The fourth-order valence-corrected chi connectivity index (χ4v) is 2.51. The molecule has 4 heteroatoms. The number of hydrogen-bond donors (Lipinski definition) is 1. The van der Waals surface area contributed by atoms with E-state index in [0.717, 1.165) is 32.8 Å². The summed E-state index contributed by atoms with van der Waals surface area (Å²) in [7, 11) is 1.73. The van der Waals surface area contributed by atoms with Gasteiger partial charge in [-0.25, -0.2) is 0 Å². The van der Waals surface area contributed by atoms with Crippen LogP contribution in [0.15, 0.2) is 18.5 Å². The predicted molar refractivity (Wildman–Crippen MR) is 76.2 cm³/mol. The first-order valence-corrected chi connectivity index (χ1v) is 7.34. The quantitative estimate of drug-likeness (QED) is 0.696. The minimum Gasteiger partial charge on any atom is -0.383 e. The molecule has 1 atom stereocenters. The maximum atomic E-state index is 5.64. The van der Waals surface area contributed by atoms with Gasteiger partial charge in [0, 0.05) is 45.7 Å². The Morgan fingerprint density at radius 1 is 1.53 bits per heavy atom. The highest BCUT2D eigenvalue weighted by Gasteiger charge is 2.14. The van der Waals surface area contributed by atoms with Gasteiger partial charge in [0.05, 0.1) is 12.7 Å². The largest absolute Gasteiger partial charge is 0.383 e. The van der Waals surface area contributed by atoms with Crippen molar-refractivity contribution in [3.05, 3.63) is 24.0 Å². The van der Waals surface area contributed by atoms with Crippen LogP contribution in [0.2, 0.25) is 0 Å². The zero-order valence-electron chi connectivity index (χ0n) is 11.9. The van der Waals surface area contributed by atoms with E-state index in [1.807, 2.05) is 0 Å². The van der Waals surface area contributed by atoms with Gasteiger partial charge < -0.3 is 19.4 Å². The Balaban J connectivity index is 1.60. The van der Waals surface area contributed by atoms with Crippen molar-refractivity contribution in [2.45, 2.75) is 44.9 Å². The molecule has 0 bridgehead atoms. The lowest BCUT2D eigenvalue weighted by atomic mass is 10.1. The van der Waals surface area contributed by atoms with Crippen molar-refractivity contribution >= 4 is 0 Å². The van der Waals surface area contributed by atoms with Gasteiger partial charge in [-0.15, -0.1) is 0 Å². The Bertz CT molecular complexity index is 346. The molecular formula is C15H26N2O2. The van der Waals surface area contributed by atoms with Gasteiger partial charge in [-0.2, -0.15) is 0 Å². The summed E-state index contributed by atoms with van der Waals surface area (Å²) >= 11 is 0. The molecule has 2 heterocycles. The van der Waals surface area contributed by atoms with E-state index in [2.05, 4.69) is 28.3 Å². The van der Waals surface area contributed by atoms with E-state index < -0.39 is 0 Å². The van der Waals surface area contributed by atoms with Gasteiger partial charge in [-0.05, 0) is 37.3 Å². The Morgan fingerprint density at radius 3 is 3.26 bits per heavy atom. The first-order valence-electron chi connectivity index (χ1n) is 7.34. The van der Waals surface area contributed by atoms with Crippen molar-refractivity contribution in [3.8, 4) is 0 Å². The lowest BCUT2D eigenvalue weighted by Gasteiger charge is -2.09. The van der Waals surface area contributed by atoms with Crippen molar-refractivity contribution in [1.82, 2.24) is 9.88 Å². The van der Waals surface area contributed by atoms with E-state index in [1.165, 1.54) is 31.2 Å². The van der Waals surface area contributed by atoms with Crippen LogP contribution in [0.25, 0.3) is 0 Å². The van der Waals surface area contributed by atoms with E-state index in [4.69, 9.17) is 9.47 Å². The molecule has 0 radical (unpaired) electrons. The van der Waals surface area contributed by atoms with Crippen LogP contribution in [0.3, 0.4) is 0 Å². The lowest BCUT2D eigenvalue weighted by molar-refractivity contribution is 0.101. The molecule has 0 saturated carbocycles. The second-order valence-electron chi connectivity index (χ2n) is 5.20. The molecule has 1 unspecified atom stereocenters. The number of hydrogen-bond acceptors (Lipinski definition) is 3. The number of nitrogens with zero attached hydrogens (tertiary/aromatic N) is 1. The van der Waals surface area contributed by atoms with Gasteiger partial charge in [0.1, 0.15) is 0 Å². The minimum absolute atomic E-state index is 0.519. The highest BCUT2D eigenvalue weighted by Crippen LogP contribution is 2.17. The normalized spacial score (nSPS) is 19.1. The van der Waals surface area contributed by atoms with E-state index in [1.54, 1.807) is 7.11 Å². The second kappa shape index (κ2) is 8.35. The molecule has 1 N–H and O–H groups in total. The molecule has 1 aliphatic rings. The summed E-state index contributed by atoms with van der Waals surface area (Å²) in [4.78, 5) is 0. The summed E-state index contributed by atoms with van der Waals surface area (Å²) in [5, 5.41) is 3.36. The highest BCUT2D eigenvalue weighted by molar-refractivity contribution is 5.09. The molecule has 0 spiro atoms. The maximum Gasteiger partial charge on any atom is 0.0587 e. The molecule has 1 saturated heterocycles. The molecular weight excluding hydrogens is 240 g/mol. The first kappa shape index (κ1) is 14.6. The fraction of sp³-hybridized carbons (Fsp3) is 0.733. The number of methoxy groups -OCH3 is 1. The van der Waals surface area contributed by atoms with Gasteiger partial charge >= 0.3 is 0 Å². The molecule has 1 fully saturated rings. The van der Waals surface area contributed by atoms with E-state index >= 15 is 0 Å². The summed E-state index contributed by atoms with van der Waals surface area (Å²) in [6.45, 7) is 4.65. The Hall–Kier alpha value is -0.840. The van der Waals surface area contributed by atoms with Crippen LogP contribution in [-0.4, -0.2) is 37.5 Å². The molecule has 0 aromatic carbocycles. The third-order valence-electron chi connectivity index (χ3n) is 3.59. The van der Waals surface area contributed by atoms with Gasteiger partial charge in [0.25, 0.3) is 0 Å². The Kier molecular flexibility index (Phi) is 6.41. The van der Waals surface area contributed by atoms with Gasteiger partial charge in [0.15, 0.2) is 0 Å². The molecule has 0 amide bonds. The molecule has 1 aliphatic heterocycles. The zero-order valence-corrected chi connectivity index (χ0v) is 11.9. The van der Waals surface area contributed by atoms with Crippen LogP contribution in [0.1, 0.15) is 31.2 Å². The molecule has 0 aliphatic carbocycles. The van der Waals surface area contributed by atoms with Crippen molar-refractivity contribution in [2.75, 3.05) is 26.9 Å². The summed E-state index contributed by atoms with van der Waals surface area (Å²) in [6, 6.07) is 2.19. The minimum atomic E-state index is 0.519. The Morgan fingerprint density at radius 2 is 2.47 bits per heavy atom. The van der Waals surface area contributed by atoms with Gasteiger partial charge in [-0.3, -0.25) is 0 Å². The van der Waals surface area contributed by atoms with E-state index in [0.29, 0.717) is 6.10 Å². The van der Waals surface area contributed by atoms with Gasteiger partial charge in [0.2, 0.25) is 0 Å². The molecule has 19 heavy (non-hydrogen) atoms. The summed E-state index contributed by atoms with van der Waals surface area (Å²) in [6.07, 6.45) is 9.81. The standard InChI is InChI=1S/C15H26N2O2/c1-18-11-7-16-12-14-6-9-17(13-14)8-2-4-15-5-3-10-19-15/h6,9,13,15-16H,2-5,7-8,10-12H2,1H3. The predicted octanol–water partition coefficient (Wildman–Crippen LogP) is 2.18. The molecule has 1 aromatic rings. The van der Waals surface area contributed by atoms with Crippen LogP contribution >= 0.6 is 0 Å². The van der Waals surface area contributed by atoms with E-state index in [-0.39, 0.29) is 0 Å². The number of aromatic nitrogens is 1. The van der Waals surface area contributed by atoms with Crippen molar-refractivity contribution in [1.29, 1.82) is 0 Å². The van der Waals surface area contributed by atoms with Crippen LogP contribution in [0.5, 0.6) is 0 Å². The number of rotatable bonds is 9.